The summed E-state index contributed by atoms with van der Waals surface area (Å²) in [4.78, 5) is 22.7. The van der Waals surface area contributed by atoms with Crippen molar-refractivity contribution in [2.24, 2.45) is 0 Å². The Balaban J connectivity index is 0.00000121. The number of carbonyl (C=O) groups is 1. The van der Waals surface area contributed by atoms with Gasteiger partial charge in [-0.1, -0.05) is 0 Å². The number of amides is 1. The minimum atomic E-state index is -0.886. The van der Waals surface area contributed by atoms with Gasteiger partial charge in [0.15, 0.2) is 17.3 Å². The van der Waals surface area contributed by atoms with Crippen LogP contribution in [-0.2, 0) is 11.2 Å². The monoisotopic (exact) mass is 526 g/mol. The maximum Gasteiger partial charge on any atom is 0.245 e. The summed E-state index contributed by atoms with van der Waals surface area (Å²) >= 11 is 0. The van der Waals surface area contributed by atoms with E-state index >= 15 is 0 Å². The van der Waals surface area contributed by atoms with E-state index in [0.29, 0.717) is 38.2 Å². The van der Waals surface area contributed by atoms with E-state index in [1.807, 2.05) is 0 Å². The van der Waals surface area contributed by atoms with Gasteiger partial charge in [0.05, 0.1) is 17.5 Å². The Labute approximate surface area is 220 Å². The number of aromatic nitrogens is 4. The molecule has 202 valence electrons. The number of carbonyl (C=O) groups excluding carboxylic acids is 1. The Morgan fingerprint density at radius 1 is 1.21 bits per heavy atom. The van der Waals surface area contributed by atoms with Gasteiger partial charge < -0.3 is 20.7 Å². The summed E-state index contributed by atoms with van der Waals surface area (Å²) in [7, 11) is 1.74. The molecule has 1 aromatic carbocycles. The molecule has 12 heteroatoms. The fourth-order valence-corrected chi connectivity index (χ4v) is 3.89. The van der Waals surface area contributed by atoms with Crippen molar-refractivity contribution in [2.75, 3.05) is 25.9 Å². The smallest absolute Gasteiger partial charge is 0.245 e. The number of likely N-dealkylation sites (N-methyl/N-ethyl adjacent to an activating group) is 1. The molecule has 3 aromatic rings. The zero-order valence-electron chi connectivity index (χ0n) is 21.6. The SMILES string of the molecule is C#C.C#C.CN(CCCCc1nc2c3cc(F)cc(F)c3nc(N)n2n1)C(=O)C1C=CN(CC(C)(C)O)N1. The Morgan fingerprint density at radius 2 is 1.89 bits per heavy atom. The number of nitrogens with one attached hydrogen (secondary N) is 1. The number of nitrogens with zero attached hydrogens (tertiary/aromatic N) is 6. The molecule has 2 aromatic heterocycles. The van der Waals surface area contributed by atoms with Crippen molar-refractivity contribution in [1.82, 2.24) is 34.9 Å². The number of hydrogen-bond acceptors (Lipinski definition) is 8. The second-order valence-electron chi connectivity index (χ2n) is 9.12. The molecule has 1 atom stereocenters. The second-order valence-corrected chi connectivity index (χ2v) is 9.12. The number of aliphatic hydroxyl groups is 1. The first kappa shape index (κ1) is 30.0. The lowest BCUT2D eigenvalue weighted by molar-refractivity contribution is -0.131. The normalized spacial score (nSPS) is 14.6. The van der Waals surface area contributed by atoms with Crippen molar-refractivity contribution >= 4 is 28.4 Å². The van der Waals surface area contributed by atoms with E-state index < -0.39 is 23.3 Å². The van der Waals surface area contributed by atoms with E-state index in [-0.39, 0.29) is 28.4 Å². The van der Waals surface area contributed by atoms with Gasteiger partial charge in [-0.25, -0.2) is 24.2 Å². The average molecular weight is 527 g/mol. The lowest BCUT2D eigenvalue weighted by Gasteiger charge is -2.27. The van der Waals surface area contributed by atoms with E-state index in [1.54, 1.807) is 43.1 Å². The molecule has 10 nitrogen and oxygen atoms in total. The first-order chi connectivity index (χ1) is 18.0. The molecule has 3 heterocycles. The third-order valence-electron chi connectivity index (χ3n) is 5.47. The van der Waals surface area contributed by atoms with Gasteiger partial charge in [0.25, 0.3) is 0 Å². The van der Waals surface area contributed by atoms with Crippen LogP contribution in [0, 0.1) is 37.3 Å². The number of anilines is 1. The fraction of sp³-hybridized carbons (Fsp3) is 0.385. The second kappa shape index (κ2) is 12.8. The number of hydrazine groups is 1. The Bertz CT molecular complexity index is 1340. The zero-order valence-corrected chi connectivity index (χ0v) is 21.6. The summed E-state index contributed by atoms with van der Waals surface area (Å²) < 4.78 is 29.1. The molecule has 1 aliphatic rings. The number of unbranched alkanes of at least 4 members (excludes halogenated alkanes) is 1. The van der Waals surface area contributed by atoms with Gasteiger partial charge in [0.2, 0.25) is 11.9 Å². The van der Waals surface area contributed by atoms with Crippen molar-refractivity contribution in [3.05, 3.63) is 41.9 Å². The van der Waals surface area contributed by atoms with Crippen LogP contribution in [0.15, 0.2) is 24.4 Å². The van der Waals surface area contributed by atoms with Gasteiger partial charge in [0, 0.05) is 32.3 Å². The molecule has 0 radical (unpaired) electrons. The van der Waals surface area contributed by atoms with Gasteiger partial charge >= 0.3 is 0 Å². The largest absolute Gasteiger partial charge is 0.389 e. The minimum Gasteiger partial charge on any atom is -0.389 e. The molecular formula is C26H32F2N8O2. The fourth-order valence-electron chi connectivity index (χ4n) is 3.89. The maximum absolute atomic E-state index is 14.1. The van der Waals surface area contributed by atoms with E-state index in [9.17, 15) is 18.7 Å². The quantitative estimate of drug-likeness (QED) is 0.300. The summed E-state index contributed by atoms with van der Waals surface area (Å²) in [6.07, 6.45) is 21.4. The zero-order chi connectivity index (χ0) is 28.6. The van der Waals surface area contributed by atoms with Crippen LogP contribution in [0.1, 0.15) is 32.5 Å². The molecular weight excluding hydrogens is 494 g/mol. The van der Waals surface area contributed by atoms with Crippen LogP contribution in [0.2, 0.25) is 0 Å². The number of nitrogens with two attached hydrogens (primary N) is 1. The molecule has 4 rings (SSSR count). The highest BCUT2D eigenvalue weighted by Gasteiger charge is 2.27. The Morgan fingerprint density at radius 3 is 2.55 bits per heavy atom. The van der Waals surface area contributed by atoms with Crippen LogP contribution in [0.3, 0.4) is 0 Å². The third-order valence-corrected chi connectivity index (χ3v) is 5.47. The van der Waals surface area contributed by atoms with Gasteiger partial charge in [-0.2, -0.15) is 4.52 Å². The first-order valence-corrected chi connectivity index (χ1v) is 11.7. The molecule has 38 heavy (non-hydrogen) atoms. The lowest BCUT2D eigenvalue weighted by Crippen LogP contribution is -2.49. The number of benzene rings is 1. The molecule has 0 saturated carbocycles. The number of aryl methyl sites for hydroxylation is 1. The molecule has 0 aliphatic carbocycles. The lowest BCUT2D eigenvalue weighted by atomic mass is 10.1. The Kier molecular flexibility index (Phi) is 10.1. The highest BCUT2D eigenvalue weighted by Crippen LogP contribution is 2.23. The summed E-state index contributed by atoms with van der Waals surface area (Å²) in [5, 5.41) is 16.1. The number of halogens is 2. The van der Waals surface area contributed by atoms with Crippen molar-refractivity contribution in [3.63, 3.8) is 0 Å². The topological polar surface area (TPSA) is 125 Å². The standard InChI is InChI=1S/C22H28F2N8O2.2C2H2/c1-22(2,34)12-31-9-7-16(28-31)20(33)30(3)8-5-4-6-17-26-19-14-10-13(23)11-15(24)18(14)27-21(25)32(19)29-17;2*1-2/h7,9-11,16,28,34H,4-6,8,12H2,1-3H3,(H2,25,27);2*1-2H. The Hall–Kier alpha value is -4.26. The number of hydrogen-bond donors (Lipinski definition) is 3. The summed E-state index contributed by atoms with van der Waals surface area (Å²) in [6.45, 7) is 4.29. The molecule has 0 saturated heterocycles. The van der Waals surface area contributed by atoms with Gasteiger partial charge in [-0.15, -0.1) is 30.8 Å². The molecule has 0 fully saturated rings. The molecule has 1 amide bonds. The van der Waals surface area contributed by atoms with Gasteiger partial charge in [-0.05, 0) is 38.8 Å². The van der Waals surface area contributed by atoms with E-state index in [4.69, 9.17) is 5.73 Å². The summed E-state index contributed by atoms with van der Waals surface area (Å²) in [5.74, 6) is -1.17. The molecule has 0 bridgehead atoms. The maximum atomic E-state index is 14.1. The highest BCUT2D eigenvalue weighted by atomic mass is 19.1. The first-order valence-electron chi connectivity index (χ1n) is 11.7. The van der Waals surface area contributed by atoms with E-state index in [2.05, 4.69) is 46.2 Å². The van der Waals surface area contributed by atoms with E-state index in [0.717, 1.165) is 12.1 Å². The summed E-state index contributed by atoms with van der Waals surface area (Å²) in [6, 6.07) is 1.44. The molecule has 0 spiro atoms. The predicted octanol–water partition coefficient (Wildman–Crippen LogP) is 1.89. The molecule has 4 N–H and O–H groups in total. The summed E-state index contributed by atoms with van der Waals surface area (Å²) in [5.41, 5.74) is 8.26. The van der Waals surface area contributed by atoms with Crippen LogP contribution in [0.4, 0.5) is 14.7 Å². The van der Waals surface area contributed by atoms with Crippen LogP contribution in [0.25, 0.3) is 16.6 Å². The predicted molar refractivity (Wildman–Crippen MR) is 142 cm³/mol. The number of terminal acetylenes is 2. The van der Waals surface area contributed by atoms with Gasteiger partial charge in [-0.3, -0.25) is 4.79 Å². The van der Waals surface area contributed by atoms with Crippen LogP contribution in [0.5, 0.6) is 0 Å². The third kappa shape index (κ3) is 7.16. The molecule has 1 aliphatic heterocycles. The number of fused-ring (bicyclic) bond motifs is 3. The number of nitrogen functional groups attached to an aromatic ring is 1. The van der Waals surface area contributed by atoms with Crippen molar-refractivity contribution < 1.29 is 18.7 Å². The van der Waals surface area contributed by atoms with Crippen LogP contribution >= 0.6 is 0 Å². The average Bonchev–Trinajstić information content (AvgIpc) is 3.51. The van der Waals surface area contributed by atoms with Gasteiger partial charge in [0.1, 0.15) is 17.4 Å². The van der Waals surface area contributed by atoms with Crippen molar-refractivity contribution in [3.8, 4) is 25.7 Å². The number of β-amino-alcohol motifs (C(OH)–C–C–N with tert-alkyl or cyclic N) is 1. The van der Waals surface area contributed by atoms with Crippen molar-refractivity contribution in [2.45, 2.75) is 44.8 Å². The highest BCUT2D eigenvalue weighted by molar-refractivity contribution is 5.92. The van der Waals surface area contributed by atoms with Crippen LogP contribution < -0.4 is 11.2 Å². The molecule has 1 unspecified atom stereocenters. The van der Waals surface area contributed by atoms with Crippen LogP contribution in [-0.4, -0.2) is 72.3 Å². The number of rotatable bonds is 8. The minimum absolute atomic E-state index is 0.0344. The van der Waals surface area contributed by atoms with Crippen molar-refractivity contribution in [1.29, 1.82) is 0 Å². The van der Waals surface area contributed by atoms with E-state index in [1.165, 1.54) is 4.52 Å².